The van der Waals surface area contributed by atoms with Crippen LogP contribution in [0.1, 0.15) is 11.5 Å². The van der Waals surface area contributed by atoms with Gasteiger partial charge >= 0.3 is 0 Å². The van der Waals surface area contributed by atoms with Gasteiger partial charge in [-0.2, -0.15) is 0 Å². The maximum absolute atomic E-state index is 12.1. The highest BCUT2D eigenvalue weighted by molar-refractivity contribution is 7.15. The summed E-state index contributed by atoms with van der Waals surface area (Å²) in [6.07, 6.45) is 4.85. The normalized spacial score (nSPS) is 11.4. The summed E-state index contributed by atoms with van der Waals surface area (Å²) in [5, 5.41) is 4.92. The summed E-state index contributed by atoms with van der Waals surface area (Å²) >= 11 is 1.56. The van der Waals surface area contributed by atoms with Gasteiger partial charge in [0.25, 0.3) is 0 Å². The molecule has 0 aliphatic heterocycles. The Hall–Kier alpha value is -2.67. The standard InChI is InChI=1S/C17H17N5OS/c1-21-14-5-3-2-4-13(14)20-15(21)6-7-18-16(23)10-12-11-22-8-9-24-17(22)19-12/h2-5,8-9,11H,6-7,10H2,1H3,(H,18,23). The summed E-state index contributed by atoms with van der Waals surface area (Å²) in [6.45, 7) is 0.568. The topological polar surface area (TPSA) is 64.2 Å². The second-order valence-electron chi connectivity index (χ2n) is 5.68. The van der Waals surface area contributed by atoms with Gasteiger partial charge < -0.3 is 9.88 Å². The number of aryl methyl sites for hydroxylation is 1. The van der Waals surface area contributed by atoms with Gasteiger partial charge in [-0.3, -0.25) is 9.20 Å². The van der Waals surface area contributed by atoms with Gasteiger partial charge in [-0.25, -0.2) is 9.97 Å². The number of benzene rings is 1. The van der Waals surface area contributed by atoms with Gasteiger partial charge in [0.15, 0.2) is 4.96 Å². The minimum atomic E-state index is -0.0143. The molecule has 4 aromatic rings. The second-order valence-corrected chi connectivity index (χ2v) is 6.55. The first-order chi connectivity index (χ1) is 11.7. The molecule has 24 heavy (non-hydrogen) atoms. The summed E-state index contributed by atoms with van der Waals surface area (Å²) in [5.74, 6) is 0.957. The molecule has 0 spiro atoms. The Kier molecular flexibility index (Phi) is 3.78. The monoisotopic (exact) mass is 339 g/mol. The van der Waals surface area contributed by atoms with Crippen molar-refractivity contribution in [3.05, 3.63) is 53.6 Å². The first kappa shape index (κ1) is 14.9. The molecule has 1 N–H and O–H groups in total. The van der Waals surface area contributed by atoms with E-state index in [9.17, 15) is 4.79 Å². The van der Waals surface area contributed by atoms with Crippen molar-refractivity contribution in [2.75, 3.05) is 6.54 Å². The molecule has 0 atom stereocenters. The van der Waals surface area contributed by atoms with Crippen molar-refractivity contribution in [1.82, 2.24) is 24.3 Å². The van der Waals surface area contributed by atoms with E-state index in [1.807, 2.05) is 47.4 Å². The van der Waals surface area contributed by atoms with Gasteiger partial charge in [0.1, 0.15) is 5.82 Å². The van der Waals surface area contributed by atoms with E-state index < -0.39 is 0 Å². The zero-order chi connectivity index (χ0) is 16.5. The van der Waals surface area contributed by atoms with E-state index in [2.05, 4.69) is 25.9 Å². The van der Waals surface area contributed by atoms with Gasteiger partial charge in [0, 0.05) is 37.8 Å². The van der Waals surface area contributed by atoms with Gasteiger partial charge in [-0.1, -0.05) is 12.1 Å². The Balaban J connectivity index is 1.35. The fraction of sp³-hybridized carbons (Fsp3) is 0.235. The van der Waals surface area contributed by atoms with Crippen molar-refractivity contribution in [3.8, 4) is 0 Å². The highest BCUT2D eigenvalue weighted by Gasteiger charge is 2.10. The lowest BCUT2D eigenvalue weighted by molar-refractivity contribution is -0.120. The lowest BCUT2D eigenvalue weighted by Gasteiger charge is -2.04. The molecule has 0 fully saturated rings. The van der Waals surface area contributed by atoms with Crippen molar-refractivity contribution >= 4 is 33.2 Å². The molecule has 122 valence electrons. The number of aromatic nitrogens is 4. The smallest absolute Gasteiger partial charge is 0.226 e. The number of carbonyl (C=O) groups is 1. The summed E-state index contributed by atoms with van der Waals surface area (Å²) in [7, 11) is 2.00. The van der Waals surface area contributed by atoms with E-state index in [4.69, 9.17) is 0 Å². The quantitative estimate of drug-likeness (QED) is 0.606. The van der Waals surface area contributed by atoms with Crippen LogP contribution in [0.4, 0.5) is 0 Å². The zero-order valence-electron chi connectivity index (χ0n) is 13.3. The summed E-state index contributed by atoms with van der Waals surface area (Å²) < 4.78 is 4.01. The third-order valence-corrected chi connectivity index (χ3v) is 4.81. The molecule has 0 unspecified atom stereocenters. The largest absolute Gasteiger partial charge is 0.355 e. The fourth-order valence-electron chi connectivity index (χ4n) is 2.82. The maximum atomic E-state index is 12.1. The van der Waals surface area contributed by atoms with Crippen LogP contribution >= 0.6 is 11.3 Å². The van der Waals surface area contributed by atoms with E-state index in [-0.39, 0.29) is 5.91 Å². The van der Waals surface area contributed by atoms with E-state index in [0.717, 1.165) is 27.5 Å². The minimum absolute atomic E-state index is 0.0143. The van der Waals surface area contributed by atoms with Crippen LogP contribution in [0.3, 0.4) is 0 Å². The molecule has 0 bridgehead atoms. The average molecular weight is 339 g/mol. The summed E-state index contributed by atoms with van der Waals surface area (Å²) in [6, 6.07) is 8.04. The van der Waals surface area contributed by atoms with E-state index in [1.54, 1.807) is 11.3 Å². The Morgan fingerprint density at radius 1 is 1.29 bits per heavy atom. The Morgan fingerprint density at radius 3 is 3.00 bits per heavy atom. The van der Waals surface area contributed by atoms with Crippen LogP contribution in [-0.2, 0) is 24.7 Å². The number of amides is 1. The van der Waals surface area contributed by atoms with Gasteiger partial charge in [0.2, 0.25) is 5.91 Å². The van der Waals surface area contributed by atoms with Crippen molar-refractivity contribution in [3.63, 3.8) is 0 Å². The number of thiazole rings is 1. The highest BCUT2D eigenvalue weighted by Crippen LogP contribution is 2.14. The van der Waals surface area contributed by atoms with Crippen LogP contribution in [-0.4, -0.2) is 31.4 Å². The second kappa shape index (κ2) is 6.09. The third-order valence-electron chi connectivity index (χ3n) is 4.04. The highest BCUT2D eigenvalue weighted by atomic mass is 32.1. The molecule has 1 aromatic carbocycles. The minimum Gasteiger partial charge on any atom is -0.355 e. The van der Waals surface area contributed by atoms with Crippen LogP contribution in [0.2, 0.25) is 0 Å². The van der Waals surface area contributed by atoms with Crippen LogP contribution < -0.4 is 5.32 Å². The molecule has 4 rings (SSSR count). The Bertz CT molecular complexity index is 984. The summed E-state index contributed by atoms with van der Waals surface area (Å²) in [5.41, 5.74) is 2.89. The Labute approximate surface area is 142 Å². The molecule has 3 aromatic heterocycles. The lowest BCUT2D eigenvalue weighted by Crippen LogP contribution is -2.27. The van der Waals surface area contributed by atoms with E-state index in [0.29, 0.717) is 19.4 Å². The molecular formula is C17H17N5OS. The van der Waals surface area contributed by atoms with Crippen LogP contribution in [0, 0.1) is 0 Å². The molecule has 1 amide bonds. The third kappa shape index (κ3) is 2.78. The molecule has 0 aliphatic rings. The van der Waals surface area contributed by atoms with Gasteiger partial charge in [-0.15, -0.1) is 11.3 Å². The average Bonchev–Trinajstić information content (AvgIpc) is 3.22. The zero-order valence-corrected chi connectivity index (χ0v) is 14.1. The predicted octanol–water partition coefficient (Wildman–Crippen LogP) is 2.18. The van der Waals surface area contributed by atoms with E-state index >= 15 is 0 Å². The van der Waals surface area contributed by atoms with Crippen molar-refractivity contribution in [2.24, 2.45) is 7.05 Å². The van der Waals surface area contributed by atoms with Crippen LogP contribution in [0.15, 0.2) is 42.0 Å². The molecule has 6 nitrogen and oxygen atoms in total. The number of hydrogen-bond donors (Lipinski definition) is 1. The number of nitrogens with one attached hydrogen (secondary N) is 1. The molecule has 3 heterocycles. The first-order valence-corrected chi connectivity index (χ1v) is 8.67. The Morgan fingerprint density at radius 2 is 2.17 bits per heavy atom. The van der Waals surface area contributed by atoms with Crippen molar-refractivity contribution in [2.45, 2.75) is 12.8 Å². The number of fused-ring (bicyclic) bond motifs is 2. The molecule has 7 heteroatoms. The lowest BCUT2D eigenvalue weighted by atomic mass is 10.3. The van der Waals surface area contributed by atoms with Gasteiger partial charge in [0.05, 0.1) is 23.1 Å². The molecular weight excluding hydrogens is 322 g/mol. The predicted molar refractivity (Wildman–Crippen MR) is 94.2 cm³/mol. The van der Waals surface area contributed by atoms with Crippen LogP contribution in [0.5, 0.6) is 0 Å². The number of carbonyl (C=O) groups excluding carboxylic acids is 1. The first-order valence-electron chi connectivity index (χ1n) is 7.79. The SMILES string of the molecule is Cn1c(CCNC(=O)Cc2cn3ccsc3n2)nc2ccccc21. The van der Waals surface area contributed by atoms with Crippen molar-refractivity contribution < 1.29 is 4.79 Å². The molecule has 0 aliphatic carbocycles. The van der Waals surface area contributed by atoms with Crippen molar-refractivity contribution in [1.29, 1.82) is 0 Å². The summed E-state index contributed by atoms with van der Waals surface area (Å²) in [4.78, 5) is 22.0. The number of nitrogens with zero attached hydrogens (tertiary/aromatic N) is 4. The number of rotatable bonds is 5. The molecule has 0 saturated heterocycles. The van der Waals surface area contributed by atoms with E-state index in [1.165, 1.54) is 0 Å². The van der Waals surface area contributed by atoms with Gasteiger partial charge in [-0.05, 0) is 12.1 Å². The number of imidazole rings is 2. The number of hydrogen-bond acceptors (Lipinski definition) is 4. The number of para-hydroxylation sites is 2. The maximum Gasteiger partial charge on any atom is 0.226 e. The molecule has 0 saturated carbocycles. The molecule has 0 radical (unpaired) electrons. The van der Waals surface area contributed by atoms with Crippen LogP contribution in [0.25, 0.3) is 16.0 Å². The fourth-order valence-corrected chi connectivity index (χ4v) is 3.54.